The molecule has 0 spiro atoms. The van der Waals surface area contributed by atoms with Crippen LogP contribution in [0, 0.1) is 23.3 Å². The minimum absolute atomic E-state index is 0.00856. The summed E-state index contributed by atoms with van der Waals surface area (Å²) in [6.07, 6.45) is 0. The Balaban J connectivity index is 1.86. The molecule has 2 aromatic carbocycles. The number of imide groups is 1. The molecular weight excluding hydrogens is 344 g/mol. The van der Waals surface area contributed by atoms with Gasteiger partial charge in [-0.05, 0) is 5.56 Å². The predicted octanol–water partition coefficient (Wildman–Crippen LogP) is 2.65. The van der Waals surface area contributed by atoms with Gasteiger partial charge in [-0.15, -0.1) is 0 Å². The van der Waals surface area contributed by atoms with Crippen molar-refractivity contribution in [2.24, 2.45) is 0 Å². The van der Waals surface area contributed by atoms with E-state index in [0.29, 0.717) is 0 Å². The van der Waals surface area contributed by atoms with E-state index in [1.54, 1.807) is 30.3 Å². The standard InChI is InChI=1S/C16H12F4N2O3/c17-10-6-11(18)14(20)15(13(10)19)25-8-12(23)22-16(24)21-7-9-4-2-1-3-5-9/h1-6H,7-8H2,(H2,21,22,23,24). The summed E-state index contributed by atoms with van der Waals surface area (Å²) >= 11 is 0. The van der Waals surface area contributed by atoms with E-state index in [1.807, 2.05) is 5.32 Å². The Morgan fingerprint density at radius 1 is 0.960 bits per heavy atom. The zero-order valence-corrected chi connectivity index (χ0v) is 12.6. The Bertz CT molecular complexity index is 758. The number of nitrogens with one attached hydrogen (secondary N) is 2. The highest BCUT2D eigenvalue weighted by molar-refractivity contribution is 5.94. The first-order chi connectivity index (χ1) is 11.9. The number of hydrogen-bond acceptors (Lipinski definition) is 3. The molecular formula is C16H12F4N2O3. The molecule has 0 aliphatic carbocycles. The Morgan fingerprint density at radius 3 is 2.16 bits per heavy atom. The summed E-state index contributed by atoms with van der Waals surface area (Å²) in [5, 5.41) is 4.22. The molecule has 0 aliphatic heterocycles. The molecule has 5 nitrogen and oxygen atoms in total. The van der Waals surface area contributed by atoms with Crippen LogP contribution < -0.4 is 15.4 Å². The fourth-order valence-corrected chi connectivity index (χ4v) is 1.80. The zero-order valence-electron chi connectivity index (χ0n) is 12.6. The number of carbonyl (C=O) groups is 2. The van der Waals surface area contributed by atoms with Gasteiger partial charge in [0.05, 0.1) is 0 Å². The van der Waals surface area contributed by atoms with Crippen molar-refractivity contribution in [3.63, 3.8) is 0 Å². The van der Waals surface area contributed by atoms with Crippen molar-refractivity contribution in [1.29, 1.82) is 0 Å². The predicted molar refractivity (Wildman–Crippen MR) is 78.6 cm³/mol. The molecule has 0 aromatic heterocycles. The van der Waals surface area contributed by atoms with Gasteiger partial charge >= 0.3 is 6.03 Å². The molecule has 25 heavy (non-hydrogen) atoms. The second-order valence-electron chi connectivity index (χ2n) is 4.80. The largest absolute Gasteiger partial charge is 0.477 e. The average Bonchev–Trinajstić information content (AvgIpc) is 2.59. The summed E-state index contributed by atoms with van der Waals surface area (Å²) in [6, 6.07) is 7.94. The van der Waals surface area contributed by atoms with Crippen LogP contribution in [0.5, 0.6) is 5.75 Å². The van der Waals surface area contributed by atoms with E-state index in [4.69, 9.17) is 0 Å². The van der Waals surface area contributed by atoms with Crippen LogP contribution in [0.2, 0.25) is 0 Å². The molecule has 0 bridgehead atoms. The Hall–Kier alpha value is -3.10. The van der Waals surface area contributed by atoms with Gasteiger partial charge in [-0.1, -0.05) is 30.3 Å². The number of urea groups is 1. The van der Waals surface area contributed by atoms with Crippen LogP contribution in [-0.2, 0) is 11.3 Å². The van der Waals surface area contributed by atoms with Gasteiger partial charge in [0.25, 0.3) is 5.91 Å². The molecule has 2 N–H and O–H groups in total. The highest BCUT2D eigenvalue weighted by atomic mass is 19.2. The summed E-state index contributed by atoms with van der Waals surface area (Å²) in [5.74, 6) is -9.34. The topological polar surface area (TPSA) is 67.4 Å². The van der Waals surface area contributed by atoms with Gasteiger partial charge in [0, 0.05) is 12.6 Å². The molecule has 0 unspecified atom stereocenters. The normalized spacial score (nSPS) is 10.2. The van der Waals surface area contributed by atoms with Gasteiger partial charge in [-0.2, -0.15) is 8.78 Å². The van der Waals surface area contributed by atoms with Crippen LogP contribution in [0.25, 0.3) is 0 Å². The molecule has 0 saturated heterocycles. The van der Waals surface area contributed by atoms with Crippen LogP contribution >= 0.6 is 0 Å². The van der Waals surface area contributed by atoms with Gasteiger partial charge in [0.1, 0.15) is 0 Å². The average molecular weight is 356 g/mol. The van der Waals surface area contributed by atoms with Crippen molar-refractivity contribution in [1.82, 2.24) is 10.6 Å². The van der Waals surface area contributed by atoms with Gasteiger partial charge in [0.15, 0.2) is 24.0 Å². The monoisotopic (exact) mass is 356 g/mol. The van der Waals surface area contributed by atoms with Gasteiger partial charge in [-0.3, -0.25) is 10.1 Å². The number of halogens is 4. The van der Waals surface area contributed by atoms with Gasteiger partial charge in [0.2, 0.25) is 11.6 Å². The maximum absolute atomic E-state index is 13.3. The molecule has 2 aromatic rings. The van der Waals surface area contributed by atoms with Crippen LogP contribution in [0.15, 0.2) is 36.4 Å². The third-order valence-electron chi connectivity index (χ3n) is 2.97. The van der Waals surface area contributed by atoms with Crippen LogP contribution in [-0.4, -0.2) is 18.5 Å². The van der Waals surface area contributed by atoms with Gasteiger partial charge < -0.3 is 10.1 Å². The van der Waals surface area contributed by atoms with E-state index in [1.165, 1.54) is 0 Å². The summed E-state index contributed by atoms with van der Waals surface area (Å²) in [7, 11) is 0. The van der Waals surface area contributed by atoms with E-state index in [2.05, 4.69) is 10.1 Å². The first-order valence-electron chi connectivity index (χ1n) is 6.96. The summed E-state index contributed by atoms with van der Waals surface area (Å²) in [5.41, 5.74) is 0.778. The first-order valence-corrected chi connectivity index (χ1v) is 6.96. The molecule has 0 fully saturated rings. The van der Waals surface area contributed by atoms with Crippen molar-refractivity contribution >= 4 is 11.9 Å². The van der Waals surface area contributed by atoms with Crippen molar-refractivity contribution in [3.8, 4) is 5.75 Å². The highest BCUT2D eigenvalue weighted by Gasteiger charge is 2.21. The number of amides is 3. The van der Waals surface area contributed by atoms with Crippen molar-refractivity contribution < 1.29 is 31.9 Å². The van der Waals surface area contributed by atoms with E-state index >= 15 is 0 Å². The minimum atomic E-state index is -1.78. The number of benzene rings is 2. The second kappa shape index (κ2) is 8.13. The second-order valence-corrected chi connectivity index (χ2v) is 4.80. The maximum atomic E-state index is 13.3. The van der Waals surface area contributed by atoms with E-state index < -0.39 is 47.6 Å². The summed E-state index contributed by atoms with van der Waals surface area (Å²) in [6.45, 7) is -0.880. The van der Waals surface area contributed by atoms with Crippen molar-refractivity contribution in [3.05, 3.63) is 65.2 Å². The Morgan fingerprint density at radius 2 is 1.56 bits per heavy atom. The van der Waals surface area contributed by atoms with Crippen molar-refractivity contribution in [2.45, 2.75) is 6.54 Å². The number of hydrogen-bond donors (Lipinski definition) is 2. The van der Waals surface area contributed by atoms with Crippen molar-refractivity contribution in [2.75, 3.05) is 6.61 Å². The van der Waals surface area contributed by atoms with Crippen LogP contribution in [0.1, 0.15) is 5.56 Å². The number of rotatable bonds is 5. The molecule has 3 amide bonds. The Kier molecular flexibility index (Phi) is 5.93. The zero-order chi connectivity index (χ0) is 18.4. The fraction of sp³-hybridized carbons (Fsp3) is 0.125. The van der Waals surface area contributed by atoms with E-state index in [-0.39, 0.29) is 12.6 Å². The molecule has 0 heterocycles. The highest BCUT2D eigenvalue weighted by Crippen LogP contribution is 2.26. The first kappa shape index (κ1) is 18.2. The number of carbonyl (C=O) groups excluding carboxylic acids is 2. The lowest BCUT2D eigenvalue weighted by atomic mass is 10.2. The molecule has 9 heteroatoms. The summed E-state index contributed by atoms with van der Waals surface area (Å²) < 4.78 is 57.1. The minimum Gasteiger partial charge on any atom is -0.477 e. The van der Waals surface area contributed by atoms with Crippen LogP contribution in [0.3, 0.4) is 0 Å². The fourth-order valence-electron chi connectivity index (χ4n) is 1.80. The lowest BCUT2D eigenvalue weighted by Gasteiger charge is -2.10. The smallest absolute Gasteiger partial charge is 0.321 e. The lowest BCUT2D eigenvalue weighted by molar-refractivity contribution is -0.122. The summed E-state index contributed by atoms with van der Waals surface area (Å²) in [4.78, 5) is 23.0. The quantitative estimate of drug-likeness (QED) is 0.639. The molecule has 132 valence electrons. The molecule has 2 rings (SSSR count). The van der Waals surface area contributed by atoms with Gasteiger partial charge in [-0.25, -0.2) is 13.6 Å². The number of ether oxygens (including phenoxy) is 1. The maximum Gasteiger partial charge on any atom is 0.321 e. The Labute approximate surface area is 139 Å². The van der Waals surface area contributed by atoms with E-state index in [0.717, 1.165) is 5.56 Å². The molecule has 0 aliphatic rings. The molecule has 0 saturated carbocycles. The lowest BCUT2D eigenvalue weighted by Crippen LogP contribution is -2.41. The SMILES string of the molecule is O=C(COc1c(F)c(F)cc(F)c1F)NC(=O)NCc1ccccc1. The third-order valence-corrected chi connectivity index (χ3v) is 2.97. The third kappa shape index (κ3) is 4.93. The molecule has 0 atom stereocenters. The molecule has 0 radical (unpaired) electrons. The van der Waals surface area contributed by atoms with Crippen LogP contribution in [0.4, 0.5) is 22.4 Å². The van der Waals surface area contributed by atoms with E-state index in [9.17, 15) is 27.2 Å².